The van der Waals surface area contributed by atoms with Crippen molar-refractivity contribution in [3.05, 3.63) is 59.7 Å². The van der Waals surface area contributed by atoms with Gasteiger partial charge in [0, 0.05) is 12.0 Å². The molecule has 0 unspecified atom stereocenters. The molecule has 1 saturated carbocycles. The minimum atomic E-state index is 0.570. The van der Waals surface area contributed by atoms with Crippen LogP contribution in [-0.2, 0) is 0 Å². The van der Waals surface area contributed by atoms with Crippen LogP contribution in [-0.4, -0.2) is 12.6 Å². The number of fused-ring (bicyclic) bond motifs is 3. The molecule has 0 aromatic heterocycles. The Labute approximate surface area is 140 Å². The molecule has 23 heavy (non-hydrogen) atoms. The lowest BCUT2D eigenvalue weighted by molar-refractivity contribution is 0.450. The van der Waals surface area contributed by atoms with E-state index in [-0.39, 0.29) is 0 Å². The van der Waals surface area contributed by atoms with Crippen molar-refractivity contribution in [2.45, 2.75) is 56.9 Å². The van der Waals surface area contributed by atoms with Crippen LogP contribution in [0.4, 0.5) is 0 Å². The summed E-state index contributed by atoms with van der Waals surface area (Å²) in [5.41, 5.74) is 5.94. The molecule has 1 nitrogen and oxygen atoms in total. The quantitative estimate of drug-likeness (QED) is 0.735. The van der Waals surface area contributed by atoms with Crippen LogP contribution in [0.15, 0.2) is 48.5 Å². The predicted molar refractivity (Wildman–Crippen MR) is 97.8 cm³/mol. The first-order valence-corrected chi connectivity index (χ1v) is 9.35. The summed E-state index contributed by atoms with van der Waals surface area (Å²) in [4.78, 5) is 0. The van der Waals surface area contributed by atoms with E-state index < -0.39 is 0 Å². The van der Waals surface area contributed by atoms with E-state index in [1.807, 2.05) is 0 Å². The third kappa shape index (κ3) is 3.07. The zero-order valence-corrected chi connectivity index (χ0v) is 13.9. The van der Waals surface area contributed by atoms with Gasteiger partial charge in [-0.25, -0.2) is 0 Å². The van der Waals surface area contributed by atoms with Gasteiger partial charge in [0.25, 0.3) is 0 Å². The number of rotatable bonds is 4. The molecule has 1 heteroatoms. The number of benzene rings is 2. The summed E-state index contributed by atoms with van der Waals surface area (Å²) >= 11 is 0. The molecule has 2 aliphatic rings. The van der Waals surface area contributed by atoms with Gasteiger partial charge in [-0.3, -0.25) is 0 Å². The lowest BCUT2D eigenvalue weighted by atomic mass is 9.93. The topological polar surface area (TPSA) is 12.0 Å². The van der Waals surface area contributed by atoms with Crippen molar-refractivity contribution in [2.24, 2.45) is 0 Å². The maximum Gasteiger partial charge on any atom is 0.0114 e. The lowest BCUT2D eigenvalue weighted by Crippen LogP contribution is -2.30. The van der Waals surface area contributed by atoms with Gasteiger partial charge >= 0.3 is 0 Å². The third-order valence-electron chi connectivity index (χ3n) is 5.68. The largest absolute Gasteiger partial charge is 0.314 e. The van der Waals surface area contributed by atoms with Crippen molar-refractivity contribution in [3.63, 3.8) is 0 Å². The maximum atomic E-state index is 3.85. The molecule has 2 aliphatic carbocycles. The lowest BCUT2D eigenvalue weighted by Gasteiger charge is -2.19. The van der Waals surface area contributed by atoms with Crippen molar-refractivity contribution in [1.29, 1.82) is 0 Å². The molecular formula is C22H27N. The minimum Gasteiger partial charge on any atom is -0.314 e. The van der Waals surface area contributed by atoms with Gasteiger partial charge in [0.2, 0.25) is 0 Å². The molecule has 4 rings (SSSR count). The molecule has 0 atom stereocenters. The van der Waals surface area contributed by atoms with E-state index in [0.717, 1.165) is 12.6 Å². The van der Waals surface area contributed by atoms with Crippen molar-refractivity contribution < 1.29 is 0 Å². The van der Waals surface area contributed by atoms with Crippen LogP contribution < -0.4 is 5.32 Å². The Bertz CT molecular complexity index is 607. The maximum absolute atomic E-state index is 3.85. The van der Waals surface area contributed by atoms with E-state index in [1.165, 1.54) is 67.2 Å². The minimum absolute atomic E-state index is 0.570. The Morgan fingerprint density at radius 1 is 0.739 bits per heavy atom. The first-order valence-electron chi connectivity index (χ1n) is 9.35. The summed E-state index contributed by atoms with van der Waals surface area (Å²) in [6.07, 6.45) is 9.64. The molecule has 0 bridgehead atoms. The molecule has 0 aliphatic heterocycles. The van der Waals surface area contributed by atoms with Crippen molar-refractivity contribution >= 4 is 0 Å². The fourth-order valence-electron chi connectivity index (χ4n) is 4.49. The van der Waals surface area contributed by atoms with Gasteiger partial charge in [0.05, 0.1) is 0 Å². The van der Waals surface area contributed by atoms with Gasteiger partial charge < -0.3 is 5.32 Å². The first kappa shape index (κ1) is 15.0. The average Bonchev–Trinajstić information content (AvgIpc) is 2.75. The summed E-state index contributed by atoms with van der Waals surface area (Å²) in [5, 5.41) is 3.85. The number of nitrogens with one attached hydrogen (secondary N) is 1. The molecule has 120 valence electrons. The summed E-state index contributed by atoms with van der Waals surface area (Å²) in [7, 11) is 0. The van der Waals surface area contributed by atoms with Gasteiger partial charge in [-0.15, -0.1) is 0 Å². The van der Waals surface area contributed by atoms with Crippen LogP contribution in [0.3, 0.4) is 0 Å². The Morgan fingerprint density at radius 3 is 1.91 bits per heavy atom. The fourth-order valence-corrected chi connectivity index (χ4v) is 4.49. The van der Waals surface area contributed by atoms with Crippen LogP contribution in [0, 0.1) is 0 Å². The van der Waals surface area contributed by atoms with Gasteiger partial charge in [-0.05, 0) is 48.1 Å². The predicted octanol–water partition coefficient (Wildman–Crippen LogP) is 5.50. The average molecular weight is 305 g/mol. The molecule has 2 aromatic carbocycles. The third-order valence-corrected chi connectivity index (χ3v) is 5.68. The molecule has 0 radical (unpaired) electrons. The van der Waals surface area contributed by atoms with Gasteiger partial charge in [0.15, 0.2) is 0 Å². The van der Waals surface area contributed by atoms with Gasteiger partial charge in [-0.2, -0.15) is 0 Å². The van der Waals surface area contributed by atoms with Crippen molar-refractivity contribution in [3.8, 4) is 11.1 Å². The van der Waals surface area contributed by atoms with Gasteiger partial charge in [0.1, 0.15) is 0 Å². The molecule has 0 saturated heterocycles. The first-order chi connectivity index (χ1) is 11.4. The Kier molecular flexibility index (Phi) is 4.48. The van der Waals surface area contributed by atoms with E-state index in [2.05, 4.69) is 53.8 Å². The second-order valence-electron chi connectivity index (χ2n) is 7.16. The highest BCUT2D eigenvalue weighted by atomic mass is 14.9. The normalized spacial score (nSPS) is 18.4. The van der Waals surface area contributed by atoms with Crippen LogP contribution >= 0.6 is 0 Å². The Morgan fingerprint density at radius 2 is 1.30 bits per heavy atom. The summed E-state index contributed by atoms with van der Waals surface area (Å²) in [6, 6.07) is 18.7. The van der Waals surface area contributed by atoms with E-state index in [0.29, 0.717) is 5.92 Å². The number of hydrogen-bond acceptors (Lipinski definition) is 1. The van der Waals surface area contributed by atoms with Crippen molar-refractivity contribution in [2.75, 3.05) is 6.54 Å². The van der Waals surface area contributed by atoms with Crippen LogP contribution in [0.1, 0.15) is 62.0 Å². The molecule has 1 N–H and O–H groups in total. The molecule has 0 amide bonds. The second-order valence-corrected chi connectivity index (χ2v) is 7.16. The van der Waals surface area contributed by atoms with Crippen molar-refractivity contribution in [1.82, 2.24) is 5.32 Å². The number of hydrogen-bond donors (Lipinski definition) is 1. The second kappa shape index (κ2) is 6.88. The summed E-state index contributed by atoms with van der Waals surface area (Å²) in [6.45, 7) is 1.14. The zero-order valence-electron chi connectivity index (χ0n) is 13.9. The standard InChI is InChI=1S/C22H27N/c1-2-4-10-17(9-3-1)23-16-15-22-20-13-7-5-11-18(20)19-12-6-8-14-21(19)22/h5-8,11-14,17,22-23H,1-4,9-10,15-16H2. The monoisotopic (exact) mass is 305 g/mol. The Hall–Kier alpha value is -1.60. The summed E-state index contributed by atoms with van der Waals surface area (Å²) < 4.78 is 0. The van der Waals surface area contributed by atoms with Crippen LogP contribution in [0.5, 0.6) is 0 Å². The zero-order chi connectivity index (χ0) is 15.5. The molecule has 1 fully saturated rings. The van der Waals surface area contributed by atoms with Crippen LogP contribution in [0.2, 0.25) is 0 Å². The summed E-state index contributed by atoms with van der Waals surface area (Å²) in [5.74, 6) is 0.570. The van der Waals surface area contributed by atoms with Crippen LogP contribution in [0.25, 0.3) is 11.1 Å². The molecular weight excluding hydrogens is 278 g/mol. The molecule has 0 spiro atoms. The highest BCUT2D eigenvalue weighted by Gasteiger charge is 2.27. The van der Waals surface area contributed by atoms with E-state index in [4.69, 9.17) is 0 Å². The van der Waals surface area contributed by atoms with Gasteiger partial charge in [-0.1, -0.05) is 74.2 Å². The fraction of sp³-hybridized carbons (Fsp3) is 0.455. The van der Waals surface area contributed by atoms with E-state index in [1.54, 1.807) is 0 Å². The Balaban J connectivity index is 1.46. The van der Waals surface area contributed by atoms with E-state index in [9.17, 15) is 0 Å². The highest BCUT2D eigenvalue weighted by Crippen LogP contribution is 2.45. The van der Waals surface area contributed by atoms with E-state index >= 15 is 0 Å². The molecule has 0 heterocycles. The smallest absolute Gasteiger partial charge is 0.0114 e. The SMILES string of the molecule is c1ccc2c(c1)-c1ccccc1C2CCNC1CCCCCC1. The highest BCUT2D eigenvalue weighted by molar-refractivity contribution is 5.78. The molecule has 2 aromatic rings.